The molecule has 168 valence electrons. The van der Waals surface area contributed by atoms with Crippen LogP contribution in [0, 0.1) is 23.2 Å². The maximum atomic E-state index is 13.5. The Hall–Kier alpha value is -2.37. The first-order valence-corrected chi connectivity index (χ1v) is 11.4. The highest BCUT2D eigenvalue weighted by molar-refractivity contribution is 6.42. The van der Waals surface area contributed by atoms with Crippen LogP contribution < -0.4 is 5.32 Å². The largest absolute Gasteiger partial charge is 0.365 e. The number of hydrogen-bond acceptors (Lipinski definition) is 4. The Balaban J connectivity index is 1.58. The van der Waals surface area contributed by atoms with Crippen LogP contribution >= 0.6 is 23.2 Å². The van der Waals surface area contributed by atoms with Crippen molar-refractivity contribution in [2.24, 2.45) is 21.4 Å². The van der Waals surface area contributed by atoms with Gasteiger partial charge in [-0.1, -0.05) is 66.8 Å². The van der Waals surface area contributed by atoms with E-state index in [1.165, 1.54) is 0 Å². The van der Waals surface area contributed by atoms with Crippen LogP contribution in [-0.4, -0.2) is 17.6 Å². The Kier molecular flexibility index (Phi) is 5.62. The van der Waals surface area contributed by atoms with E-state index in [2.05, 4.69) is 31.2 Å². The summed E-state index contributed by atoms with van der Waals surface area (Å²) in [7, 11) is 0. The van der Waals surface area contributed by atoms with Gasteiger partial charge in [0.1, 0.15) is 0 Å². The Labute approximate surface area is 198 Å². The lowest BCUT2D eigenvalue weighted by Crippen LogP contribution is -2.43. The lowest BCUT2D eigenvalue weighted by atomic mass is 9.64. The van der Waals surface area contributed by atoms with Crippen LogP contribution in [-0.2, 0) is 9.63 Å². The van der Waals surface area contributed by atoms with E-state index in [0.29, 0.717) is 27.7 Å². The second-order valence-electron chi connectivity index (χ2n) is 9.58. The van der Waals surface area contributed by atoms with E-state index in [9.17, 15) is 9.59 Å². The molecule has 4 rings (SSSR count). The molecule has 2 aromatic rings. The van der Waals surface area contributed by atoms with E-state index in [1.54, 1.807) is 30.3 Å². The zero-order valence-corrected chi connectivity index (χ0v) is 20.1. The average molecular weight is 473 g/mol. The maximum absolute atomic E-state index is 13.5. The minimum atomic E-state index is -0.664. The fraction of sp³-hybridized carbons (Fsp3) is 0.400. The number of carbonyl (C=O) groups is 2. The topological polar surface area (TPSA) is 67.8 Å². The molecular weight excluding hydrogens is 447 g/mol. The number of rotatable bonds is 4. The van der Waals surface area contributed by atoms with E-state index in [1.807, 2.05) is 19.1 Å². The molecule has 32 heavy (non-hydrogen) atoms. The predicted molar refractivity (Wildman–Crippen MR) is 127 cm³/mol. The van der Waals surface area contributed by atoms with Crippen LogP contribution in [0.3, 0.4) is 0 Å². The standard InChI is InChI=1S/C25H26Cl2N2O3/c1-15-5-7-16(8-6-15)21(30)32-29-20-14-25(12-11-24(20,4)23(25,2)3)22(31)28-17-9-10-18(26)19(27)13-17/h5-10,13H,11-12,14H2,1-4H3,(H,28,31)/b29-20-. The van der Waals surface area contributed by atoms with Crippen LogP contribution in [0.1, 0.15) is 56.0 Å². The Morgan fingerprint density at radius 2 is 1.69 bits per heavy atom. The first-order valence-electron chi connectivity index (χ1n) is 10.6. The summed E-state index contributed by atoms with van der Waals surface area (Å²) < 4.78 is 0. The van der Waals surface area contributed by atoms with Gasteiger partial charge < -0.3 is 10.2 Å². The highest BCUT2D eigenvalue weighted by atomic mass is 35.5. The molecule has 2 bridgehead atoms. The third-order valence-electron chi connectivity index (χ3n) is 7.87. The molecule has 5 nitrogen and oxygen atoms in total. The first kappa shape index (κ1) is 22.8. The molecule has 2 fully saturated rings. The number of halogens is 2. The molecule has 0 radical (unpaired) electrons. The molecule has 2 unspecified atom stereocenters. The Bertz CT molecular complexity index is 1130. The summed E-state index contributed by atoms with van der Waals surface area (Å²) in [6.45, 7) is 8.25. The van der Waals surface area contributed by atoms with Crippen LogP contribution in [0.25, 0.3) is 0 Å². The molecule has 7 heteroatoms. The SMILES string of the molecule is Cc1ccc(C(=O)O/N=C2/CC3(C(=O)Nc4ccc(Cl)c(Cl)c4)CCC2(C)C3(C)C)cc1. The Morgan fingerprint density at radius 1 is 1.00 bits per heavy atom. The lowest BCUT2D eigenvalue weighted by Gasteiger charge is -2.39. The van der Waals surface area contributed by atoms with Crippen LogP contribution in [0.15, 0.2) is 47.6 Å². The molecule has 0 aliphatic heterocycles. The number of aryl methyl sites for hydroxylation is 1. The van der Waals surface area contributed by atoms with Crippen molar-refractivity contribution in [3.8, 4) is 0 Å². The molecule has 2 aliphatic rings. The fourth-order valence-electron chi connectivity index (χ4n) is 5.19. The van der Waals surface area contributed by atoms with Crippen molar-refractivity contribution in [3.63, 3.8) is 0 Å². The van der Waals surface area contributed by atoms with E-state index in [0.717, 1.165) is 24.1 Å². The van der Waals surface area contributed by atoms with Gasteiger partial charge in [-0.15, -0.1) is 0 Å². The number of carbonyl (C=O) groups excluding carboxylic acids is 2. The molecule has 1 N–H and O–H groups in total. The normalized spacial score (nSPS) is 26.9. The van der Waals surface area contributed by atoms with Crippen molar-refractivity contribution >= 4 is 46.5 Å². The summed E-state index contributed by atoms with van der Waals surface area (Å²) in [5, 5.41) is 8.11. The summed E-state index contributed by atoms with van der Waals surface area (Å²) in [4.78, 5) is 31.3. The molecule has 0 aromatic heterocycles. The highest BCUT2D eigenvalue weighted by Crippen LogP contribution is 2.71. The van der Waals surface area contributed by atoms with Crippen molar-refractivity contribution in [1.82, 2.24) is 0 Å². The zero-order valence-electron chi connectivity index (χ0n) is 18.6. The van der Waals surface area contributed by atoms with E-state index < -0.39 is 11.4 Å². The third-order valence-corrected chi connectivity index (χ3v) is 8.61. The number of oxime groups is 1. The lowest BCUT2D eigenvalue weighted by molar-refractivity contribution is -0.130. The molecule has 2 aliphatic carbocycles. The van der Waals surface area contributed by atoms with Crippen LogP contribution in [0.4, 0.5) is 5.69 Å². The van der Waals surface area contributed by atoms with Crippen molar-refractivity contribution in [2.45, 2.75) is 47.0 Å². The van der Waals surface area contributed by atoms with Crippen LogP contribution in [0.5, 0.6) is 0 Å². The van der Waals surface area contributed by atoms with Gasteiger partial charge in [-0.05, 0) is 55.5 Å². The van der Waals surface area contributed by atoms with Gasteiger partial charge in [0, 0.05) is 17.5 Å². The molecule has 2 aromatic carbocycles. The predicted octanol–water partition coefficient (Wildman–Crippen LogP) is 6.67. The minimum Gasteiger partial charge on any atom is -0.326 e. The average Bonchev–Trinajstić information content (AvgIpc) is 3.06. The van der Waals surface area contributed by atoms with Crippen molar-refractivity contribution in [3.05, 3.63) is 63.6 Å². The number of fused-ring (bicyclic) bond motifs is 2. The number of anilines is 1. The molecule has 1 amide bonds. The van der Waals surface area contributed by atoms with Gasteiger partial charge in [-0.2, -0.15) is 0 Å². The minimum absolute atomic E-state index is 0.0836. The van der Waals surface area contributed by atoms with Gasteiger partial charge in [-0.25, -0.2) is 4.79 Å². The summed E-state index contributed by atoms with van der Waals surface area (Å²) in [6.07, 6.45) is 1.95. The summed E-state index contributed by atoms with van der Waals surface area (Å²) in [5.74, 6) is -0.587. The first-order chi connectivity index (χ1) is 15.0. The van der Waals surface area contributed by atoms with Gasteiger partial charge in [-0.3, -0.25) is 4.79 Å². The second kappa shape index (κ2) is 7.89. The summed E-state index contributed by atoms with van der Waals surface area (Å²) in [5.41, 5.74) is 1.45. The molecular formula is C25H26Cl2N2O3. The van der Waals surface area contributed by atoms with Gasteiger partial charge in [0.15, 0.2) is 0 Å². The molecule has 0 saturated heterocycles. The van der Waals surface area contributed by atoms with Crippen molar-refractivity contribution in [1.29, 1.82) is 0 Å². The Morgan fingerprint density at radius 3 is 2.34 bits per heavy atom. The van der Waals surface area contributed by atoms with Crippen molar-refractivity contribution < 1.29 is 14.4 Å². The maximum Gasteiger partial charge on any atom is 0.365 e. The molecule has 0 heterocycles. The number of benzene rings is 2. The monoisotopic (exact) mass is 472 g/mol. The van der Waals surface area contributed by atoms with E-state index >= 15 is 0 Å². The summed E-state index contributed by atoms with van der Waals surface area (Å²) >= 11 is 12.1. The number of nitrogens with one attached hydrogen (secondary N) is 1. The van der Waals surface area contributed by atoms with Gasteiger partial charge in [0.05, 0.1) is 26.7 Å². The number of amides is 1. The number of nitrogens with zero attached hydrogens (tertiary/aromatic N) is 1. The van der Waals surface area contributed by atoms with Crippen LogP contribution in [0.2, 0.25) is 10.0 Å². The highest BCUT2D eigenvalue weighted by Gasteiger charge is 2.71. The smallest absolute Gasteiger partial charge is 0.326 e. The molecule has 2 atom stereocenters. The second-order valence-corrected chi connectivity index (χ2v) is 10.4. The fourth-order valence-corrected chi connectivity index (χ4v) is 5.48. The number of hydrogen-bond donors (Lipinski definition) is 1. The van der Waals surface area contributed by atoms with Crippen molar-refractivity contribution in [2.75, 3.05) is 5.32 Å². The quantitative estimate of drug-likeness (QED) is 0.398. The summed E-state index contributed by atoms with van der Waals surface area (Å²) in [6, 6.07) is 12.2. The van der Waals surface area contributed by atoms with Gasteiger partial charge in [0.25, 0.3) is 0 Å². The van der Waals surface area contributed by atoms with E-state index in [4.69, 9.17) is 28.0 Å². The van der Waals surface area contributed by atoms with E-state index in [-0.39, 0.29) is 16.7 Å². The molecule has 0 spiro atoms. The van der Waals surface area contributed by atoms with Gasteiger partial charge >= 0.3 is 5.97 Å². The zero-order chi connectivity index (χ0) is 23.3. The molecule has 2 saturated carbocycles. The third kappa shape index (κ3) is 3.43. The van der Waals surface area contributed by atoms with Gasteiger partial charge in [0.2, 0.25) is 5.91 Å².